The van der Waals surface area contributed by atoms with Gasteiger partial charge in [-0.3, -0.25) is 4.90 Å². The van der Waals surface area contributed by atoms with Crippen LogP contribution in [0.2, 0.25) is 0 Å². The molecule has 0 aliphatic carbocycles. The second kappa shape index (κ2) is 8.31. The van der Waals surface area contributed by atoms with Crippen LogP contribution in [-0.4, -0.2) is 53.0 Å². The van der Waals surface area contributed by atoms with Gasteiger partial charge in [-0.05, 0) is 56.7 Å². The van der Waals surface area contributed by atoms with Crippen molar-refractivity contribution in [1.29, 1.82) is 0 Å². The van der Waals surface area contributed by atoms with Crippen LogP contribution >= 0.6 is 0 Å². The molecule has 24 heavy (non-hydrogen) atoms. The number of nitrogens with zero attached hydrogens (tertiary/aromatic N) is 4. The summed E-state index contributed by atoms with van der Waals surface area (Å²) in [7, 11) is 2.09. The van der Waals surface area contributed by atoms with Crippen molar-refractivity contribution in [3.8, 4) is 0 Å². The predicted molar refractivity (Wildman–Crippen MR) is 93.2 cm³/mol. The quantitative estimate of drug-likeness (QED) is 0.815. The molecule has 1 aromatic heterocycles. The third kappa shape index (κ3) is 4.36. The summed E-state index contributed by atoms with van der Waals surface area (Å²) >= 11 is 0. The Kier molecular flexibility index (Phi) is 5.88. The summed E-state index contributed by atoms with van der Waals surface area (Å²) in [6, 6.07) is 8.42. The molecule has 5 heteroatoms. The zero-order valence-corrected chi connectivity index (χ0v) is 14.2. The Bertz CT molecular complexity index is 611. The van der Waals surface area contributed by atoms with Gasteiger partial charge in [0.1, 0.15) is 11.6 Å². The molecule has 0 amide bonds. The second-order valence-corrected chi connectivity index (χ2v) is 6.44. The first-order valence-electron chi connectivity index (χ1n) is 8.69. The maximum Gasteiger partial charge on any atom is 0.149 e. The van der Waals surface area contributed by atoms with Crippen LogP contribution < -0.4 is 0 Å². The molecule has 3 rings (SSSR count). The molecule has 1 saturated heterocycles. The van der Waals surface area contributed by atoms with E-state index in [-0.39, 0.29) is 11.9 Å². The molecular formula is C19H25FN4. The molecule has 1 atom stereocenters. The van der Waals surface area contributed by atoms with Gasteiger partial charge in [-0.1, -0.05) is 18.6 Å². The van der Waals surface area contributed by atoms with Crippen molar-refractivity contribution >= 4 is 0 Å². The molecular weight excluding hydrogens is 303 g/mol. The molecule has 0 saturated carbocycles. The molecule has 1 aliphatic heterocycles. The van der Waals surface area contributed by atoms with Crippen molar-refractivity contribution in [1.82, 2.24) is 19.8 Å². The Morgan fingerprint density at radius 3 is 2.42 bits per heavy atom. The van der Waals surface area contributed by atoms with Crippen LogP contribution in [0, 0.1) is 5.82 Å². The van der Waals surface area contributed by atoms with Gasteiger partial charge < -0.3 is 4.90 Å². The van der Waals surface area contributed by atoms with E-state index < -0.39 is 0 Å². The fourth-order valence-corrected chi connectivity index (χ4v) is 3.31. The molecule has 128 valence electrons. The summed E-state index contributed by atoms with van der Waals surface area (Å²) in [4.78, 5) is 13.6. The summed E-state index contributed by atoms with van der Waals surface area (Å²) in [5.74, 6) is 0.535. The van der Waals surface area contributed by atoms with Crippen LogP contribution in [0.4, 0.5) is 4.39 Å². The Hall–Kier alpha value is -1.85. The van der Waals surface area contributed by atoms with E-state index in [0.29, 0.717) is 0 Å². The molecule has 4 nitrogen and oxygen atoms in total. The van der Waals surface area contributed by atoms with Gasteiger partial charge in [0.05, 0.1) is 6.04 Å². The number of piperidine rings is 1. The van der Waals surface area contributed by atoms with Gasteiger partial charge in [0, 0.05) is 25.5 Å². The Balaban J connectivity index is 1.74. The van der Waals surface area contributed by atoms with Crippen LogP contribution in [0.5, 0.6) is 0 Å². The molecule has 2 heterocycles. The molecule has 0 unspecified atom stereocenters. The lowest BCUT2D eigenvalue weighted by Crippen LogP contribution is -2.38. The van der Waals surface area contributed by atoms with Crippen LogP contribution in [0.15, 0.2) is 42.7 Å². The third-order valence-corrected chi connectivity index (χ3v) is 4.67. The summed E-state index contributed by atoms with van der Waals surface area (Å²) < 4.78 is 13.3. The highest BCUT2D eigenvalue weighted by Crippen LogP contribution is 2.25. The number of hydrogen-bond donors (Lipinski definition) is 0. The maximum absolute atomic E-state index is 13.3. The first-order valence-corrected chi connectivity index (χ1v) is 8.69. The normalized spacial score (nSPS) is 17.1. The lowest BCUT2D eigenvalue weighted by molar-refractivity contribution is 0.179. The van der Waals surface area contributed by atoms with Crippen molar-refractivity contribution in [3.63, 3.8) is 0 Å². The van der Waals surface area contributed by atoms with Crippen LogP contribution in [-0.2, 0) is 0 Å². The van der Waals surface area contributed by atoms with Crippen molar-refractivity contribution < 1.29 is 4.39 Å². The molecule has 0 bridgehead atoms. The SMILES string of the molecule is CN(CCN1CCCCC1)[C@H](c1ccc(F)cc1)c1ncccn1. The van der Waals surface area contributed by atoms with E-state index in [0.717, 1.165) is 24.5 Å². The summed E-state index contributed by atoms with van der Waals surface area (Å²) in [6.45, 7) is 4.36. The van der Waals surface area contributed by atoms with E-state index in [4.69, 9.17) is 0 Å². The first kappa shape index (κ1) is 17.0. The Labute approximate surface area is 143 Å². The summed E-state index contributed by atoms with van der Waals surface area (Å²) in [5.41, 5.74) is 1.02. The number of likely N-dealkylation sites (tertiary alicyclic amines) is 1. The minimum absolute atomic E-state index is 0.0587. The van der Waals surface area contributed by atoms with E-state index in [1.807, 2.05) is 18.2 Å². The summed E-state index contributed by atoms with van der Waals surface area (Å²) in [6.07, 6.45) is 7.47. The van der Waals surface area contributed by atoms with Gasteiger partial charge in [0.2, 0.25) is 0 Å². The third-order valence-electron chi connectivity index (χ3n) is 4.67. The molecule has 1 aliphatic rings. The first-order chi connectivity index (χ1) is 11.7. The van der Waals surface area contributed by atoms with E-state index in [2.05, 4.69) is 26.8 Å². The van der Waals surface area contributed by atoms with Gasteiger partial charge in [-0.15, -0.1) is 0 Å². The molecule has 0 radical (unpaired) electrons. The second-order valence-electron chi connectivity index (χ2n) is 6.44. The highest BCUT2D eigenvalue weighted by atomic mass is 19.1. The molecule has 1 aromatic carbocycles. The minimum Gasteiger partial charge on any atom is -0.302 e. The smallest absolute Gasteiger partial charge is 0.149 e. The fourth-order valence-electron chi connectivity index (χ4n) is 3.31. The highest BCUT2D eigenvalue weighted by molar-refractivity contribution is 5.25. The van der Waals surface area contributed by atoms with E-state index in [1.165, 1.54) is 44.5 Å². The standard InChI is InChI=1S/C19H25FN4/c1-23(14-15-24-12-3-2-4-13-24)18(19-21-10-5-11-22-19)16-6-8-17(20)9-7-16/h5-11,18H,2-4,12-15H2,1H3/t18-/m1/s1. The monoisotopic (exact) mass is 328 g/mol. The molecule has 2 aromatic rings. The van der Waals surface area contributed by atoms with Gasteiger partial charge in [0.25, 0.3) is 0 Å². The number of hydrogen-bond acceptors (Lipinski definition) is 4. The highest BCUT2D eigenvalue weighted by Gasteiger charge is 2.22. The Morgan fingerprint density at radius 1 is 1.08 bits per heavy atom. The average molecular weight is 328 g/mol. The van der Waals surface area contributed by atoms with Crippen LogP contribution in [0.1, 0.15) is 36.7 Å². The van der Waals surface area contributed by atoms with Gasteiger partial charge in [-0.2, -0.15) is 0 Å². The number of benzene rings is 1. The minimum atomic E-state index is -0.220. The van der Waals surface area contributed by atoms with E-state index in [9.17, 15) is 4.39 Å². The lowest BCUT2D eigenvalue weighted by Gasteiger charge is -2.32. The topological polar surface area (TPSA) is 32.3 Å². The van der Waals surface area contributed by atoms with E-state index >= 15 is 0 Å². The predicted octanol–water partition coefficient (Wildman–Crippen LogP) is 3.12. The number of aromatic nitrogens is 2. The van der Waals surface area contributed by atoms with Gasteiger partial charge in [0.15, 0.2) is 0 Å². The Morgan fingerprint density at radius 2 is 1.75 bits per heavy atom. The van der Waals surface area contributed by atoms with Gasteiger partial charge >= 0.3 is 0 Å². The molecule has 0 spiro atoms. The van der Waals surface area contributed by atoms with Crippen molar-refractivity contribution in [2.75, 3.05) is 33.2 Å². The number of likely N-dealkylation sites (N-methyl/N-ethyl adjacent to an activating group) is 1. The van der Waals surface area contributed by atoms with Crippen LogP contribution in [0.3, 0.4) is 0 Å². The zero-order valence-electron chi connectivity index (χ0n) is 14.2. The largest absolute Gasteiger partial charge is 0.302 e. The van der Waals surface area contributed by atoms with Crippen molar-refractivity contribution in [3.05, 3.63) is 59.9 Å². The lowest BCUT2D eigenvalue weighted by atomic mass is 10.0. The van der Waals surface area contributed by atoms with Crippen molar-refractivity contribution in [2.45, 2.75) is 25.3 Å². The number of halogens is 1. The summed E-state index contributed by atoms with van der Waals surface area (Å²) in [5, 5.41) is 0. The molecule has 1 fully saturated rings. The maximum atomic E-state index is 13.3. The fraction of sp³-hybridized carbons (Fsp3) is 0.474. The van der Waals surface area contributed by atoms with E-state index in [1.54, 1.807) is 12.4 Å². The van der Waals surface area contributed by atoms with Gasteiger partial charge in [-0.25, -0.2) is 14.4 Å². The van der Waals surface area contributed by atoms with Crippen LogP contribution in [0.25, 0.3) is 0 Å². The zero-order chi connectivity index (χ0) is 16.8. The van der Waals surface area contributed by atoms with Crippen molar-refractivity contribution in [2.24, 2.45) is 0 Å². The number of rotatable bonds is 6. The average Bonchev–Trinajstić information content (AvgIpc) is 2.64. The molecule has 0 N–H and O–H groups in total.